The zero-order valence-electron chi connectivity index (χ0n) is 19.7. The number of carbonyl (C=O) groups excluding carboxylic acids is 2. The van der Waals surface area contributed by atoms with Gasteiger partial charge in [-0.25, -0.2) is 4.79 Å². The van der Waals surface area contributed by atoms with Gasteiger partial charge in [0.2, 0.25) is 0 Å². The van der Waals surface area contributed by atoms with Crippen LogP contribution in [0, 0.1) is 0 Å². The van der Waals surface area contributed by atoms with Crippen molar-refractivity contribution in [3.05, 3.63) is 87.8 Å². The highest BCUT2D eigenvalue weighted by Crippen LogP contribution is 2.45. The van der Waals surface area contributed by atoms with Crippen molar-refractivity contribution in [1.29, 1.82) is 0 Å². The molecule has 0 aromatic heterocycles. The van der Waals surface area contributed by atoms with Gasteiger partial charge in [0.1, 0.15) is 5.75 Å². The van der Waals surface area contributed by atoms with Crippen LogP contribution in [0.5, 0.6) is 5.75 Å². The zero-order valence-corrected chi connectivity index (χ0v) is 19.7. The van der Waals surface area contributed by atoms with Gasteiger partial charge in [0.05, 0.1) is 19.3 Å². The number of aryl methyl sites for hydroxylation is 1. The molecule has 0 bridgehead atoms. The number of rotatable bonds is 6. The molecule has 1 aliphatic carbocycles. The molecule has 0 spiro atoms. The molecule has 0 saturated heterocycles. The molecule has 1 aliphatic heterocycles. The first-order valence-corrected chi connectivity index (χ1v) is 11.6. The van der Waals surface area contributed by atoms with Gasteiger partial charge in [-0.05, 0) is 61.4 Å². The molecule has 2 atom stereocenters. The highest BCUT2D eigenvalue weighted by Gasteiger charge is 2.41. The largest absolute Gasteiger partial charge is 0.497 e. The van der Waals surface area contributed by atoms with Gasteiger partial charge in [-0.15, -0.1) is 0 Å². The van der Waals surface area contributed by atoms with Crippen LogP contribution in [0.4, 0.5) is 0 Å². The molecule has 33 heavy (non-hydrogen) atoms. The number of hydrogen-bond acceptors (Lipinski definition) is 5. The van der Waals surface area contributed by atoms with Crippen molar-refractivity contribution in [2.24, 2.45) is 0 Å². The molecule has 4 rings (SSSR count). The number of dihydropyridines is 1. The van der Waals surface area contributed by atoms with Crippen molar-refractivity contribution in [2.75, 3.05) is 13.7 Å². The molecule has 2 aliphatic rings. The summed E-state index contributed by atoms with van der Waals surface area (Å²) in [5, 5.41) is 3.40. The van der Waals surface area contributed by atoms with E-state index in [0.717, 1.165) is 34.7 Å². The number of ketones is 1. The zero-order chi connectivity index (χ0) is 23.5. The Bertz CT molecular complexity index is 1110. The van der Waals surface area contributed by atoms with E-state index in [-0.39, 0.29) is 24.3 Å². The molecule has 2 unspecified atom stereocenters. The molecular formula is C28H31NO4. The van der Waals surface area contributed by atoms with Gasteiger partial charge in [0.15, 0.2) is 5.78 Å². The van der Waals surface area contributed by atoms with Crippen LogP contribution < -0.4 is 10.1 Å². The first-order chi connectivity index (χ1) is 16.0. The standard InChI is InChI=1S/C28H31NO4/c1-5-18-7-9-20(10-8-18)26-25(28(31)33-6-2)17(3)29-23-15-21(16-24(30)27(23)26)19-11-13-22(32-4)14-12-19/h7-14,21,26,29H,5-6,15-16H2,1-4H3. The number of methoxy groups -OCH3 is 1. The quantitative estimate of drug-likeness (QED) is 0.621. The summed E-state index contributed by atoms with van der Waals surface area (Å²) < 4.78 is 10.7. The summed E-state index contributed by atoms with van der Waals surface area (Å²) >= 11 is 0. The first kappa shape index (κ1) is 22.8. The summed E-state index contributed by atoms with van der Waals surface area (Å²) in [7, 11) is 1.64. The van der Waals surface area contributed by atoms with E-state index in [1.807, 2.05) is 43.3 Å². The van der Waals surface area contributed by atoms with Crippen LogP contribution in [-0.4, -0.2) is 25.5 Å². The Morgan fingerprint density at radius 1 is 1.00 bits per heavy atom. The van der Waals surface area contributed by atoms with Crippen LogP contribution in [0.1, 0.15) is 62.1 Å². The van der Waals surface area contributed by atoms with Gasteiger partial charge < -0.3 is 14.8 Å². The van der Waals surface area contributed by atoms with E-state index in [1.165, 1.54) is 5.56 Å². The lowest BCUT2D eigenvalue weighted by Crippen LogP contribution is -2.36. The predicted octanol–water partition coefficient (Wildman–Crippen LogP) is 5.18. The van der Waals surface area contributed by atoms with Crippen molar-refractivity contribution in [1.82, 2.24) is 5.32 Å². The van der Waals surface area contributed by atoms with E-state index < -0.39 is 5.92 Å². The summed E-state index contributed by atoms with van der Waals surface area (Å²) in [4.78, 5) is 26.6. The second kappa shape index (κ2) is 9.65. The summed E-state index contributed by atoms with van der Waals surface area (Å²) in [6, 6.07) is 16.1. The normalized spacial score (nSPS) is 20.3. The Balaban J connectivity index is 1.75. The van der Waals surface area contributed by atoms with Crippen molar-refractivity contribution in [2.45, 2.75) is 51.9 Å². The topological polar surface area (TPSA) is 64.6 Å². The summed E-state index contributed by atoms with van der Waals surface area (Å²) in [6.45, 7) is 6.09. The fourth-order valence-electron chi connectivity index (χ4n) is 4.91. The molecule has 2 aromatic carbocycles. The fourth-order valence-corrected chi connectivity index (χ4v) is 4.91. The van der Waals surface area contributed by atoms with E-state index in [4.69, 9.17) is 9.47 Å². The molecule has 0 fully saturated rings. The lowest BCUT2D eigenvalue weighted by molar-refractivity contribution is -0.138. The van der Waals surface area contributed by atoms with Crippen molar-refractivity contribution >= 4 is 11.8 Å². The van der Waals surface area contributed by atoms with Gasteiger partial charge in [0, 0.05) is 29.3 Å². The number of hydrogen-bond donors (Lipinski definition) is 1. The average molecular weight is 446 g/mol. The number of ether oxygens (including phenoxy) is 2. The van der Waals surface area contributed by atoms with E-state index in [2.05, 4.69) is 24.4 Å². The lowest BCUT2D eigenvalue weighted by Gasteiger charge is -2.36. The summed E-state index contributed by atoms with van der Waals surface area (Å²) in [5.74, 6) is 0.155. The van der Waals surface area contributed by atoms with Gasteiger partial charge in [-0.1, -0.05) is 43.3 Å². The highest BCUT2D eigenvalue weighted by atomic mass is 16.5. The van der Waals surface area contributed by atoms with Gasteiger partial charge >= 0.3 is 5.97 Å². The van der Waals surface area contributed by atoms with Gasteiger partial charge in [0.25, 0.3) is 0 Å². The van der Waals surface area contributed by atoms with Crippen LogP contribution in [0.25, 0.3) is 0 Å². The molecular weight excluding hydrogens is 414 g/mol. The number of nitrogens with one attached hydrogen (secondary N) is 1. The van der Waals surface area contributed by atoms with Crippen molar-refractivity contribution < 1.29 is 19.1 Å². The average Bonchev–Trinajstić information content (AvgIpc) is 2.83. The molecule has 1 heterocycles. The van der Waals surface area contributed by atoms with E-state index in [9.17, 15) is 9.59 Å². The molecule has 2 aromatic rings. The minimum Gasteiger partial charge on any atom is -0.497 e. The Kier molecular flexibility index (Phi) is 6.68. The lowest BCUT2D eigenvalue weighted by atomic mass is 9.71. The van der Waals surface area contributed by atoms with Crippen LogP contribution in [0.15, 0.2) is 71.1 Å². The summed E-state index contributed by atoms with van der Waals surface area (Å²) in [6.07, 6.45) is 2.05. The molecule has 0 radical (unpaired) electrons. The van der Waals surface area contributed by atoms with E-state index >= 15 is 0 Å². The SMILES string of the molecule is CCOC(=O)C1=C(C)NC2=C(C(=O)CC(c3ccc(OC)cc3)C2)C1c1ccc(CC)cc1. The van der Waals surface area contributed by atoms with E-state index in [1.54, 1.807) is 14.0 Å². The Hall–Kier alpha value is -3.34. The second-order valence-corrected chi connectivity index (χ2v) is 8.61. The molecule has 172 valence electrons. The Morgan fingerprint density at radius 3 is 2.27 bits per heavy atom. The maximum absolute atomic E-state index is 13.6. The molecule has 5 heteroatoms. The second-order valence-electron chi connectivity index (χ2n) is 8.61. The van der Waals surface area contributed by atoms with Crippen LogP contribution in [0.3, 0.4) is 0 Å². The van der Waals surface area contributed by atoms with Crippen LogP contribution in [0.2, 0.25) is 0 Å². The molecule has 0 saturated carbocycles. The number of carbonyl (C=O) groups is 2. The minimum absolute atomic E-state index is 0.0726. The van der Waals surface area contributed by atoms with Gasteiger partial charge in [-0.3, -0.25) is 4.79 Å². The maximum atomic E-state index is 13.6. The van der Waals surface area contributed by atoms with Crippen LogP contribution >= 0.6 is 0 Å². The molecule has 5 nitrogen and oxygen atoms in total. The highest BCUT2D eigenvalue weighted by molar-refractivity contribution is 6.04. The van der Waals surface area contributed by atoms with Crippen LogP contribution in [-0.2, 0) is 20.7 Å². The maximum Gasteiger partial charge on any atom is 0.336 e. The van der Waals surface area contributed by atoms with Crippen molar-refractivity contribution in [3.63, 3.8) is 0 Å². The third kappa shape index (κ3) is 4.45. The molecule has 0 amide bonds. The predicted molar refractivity (Wildman–Crippen MR) is 128 cm³/mol. The van der Waals surface area contributed by atoms with Crippen molar-refractivity contribution in [3.8, 4) is 5.75 Å². The number of allylic oxidation sites excluding steroid dienone is 3. The fraction of sp³-hybridized carbons (Fsp3) is 0.357. The summed E-state index contributed by atoms with van der Waals surface area (Å²) in [5.41, 5.74) is 6.14. The third-order valence-electron chi connectivity index (χ3n) is 6.63. The number of Topliss-reactive ketones (excluding diaryl/α,β-unsaturated/α-hetero) is 1. The monoisotopic (exact) mass is 445 g/mol. The number of esters is 1. The molecule has 1 N–H and O–H groups in total. The van der Waals surface area contributed by atoms with Gasteiger partial charge in [-0.2, -0.15) is 0 Å². The first-order valence-electron chi connectivity index (χ1n) is 11.6. The Labute approximate surface area is 195 Å². The third-order valence-corrected chi connectivity index (χ3v) is 6.63. The minimum atomic E-state index is -0.421. The number of benzene rings is 2. The smallest absolute Gasteiger partial charge is 0.336 e. The Morgan fingerprint density at radius 2 is 1.67 bits per heavy atom. The van der Waals surface area contributed by atoms with E-state index in [0.29, 0.717) is 24.0 Å².